The molecular weight excluding hydrogens is 250 g/mol. The first kappa shape index (κ1) is 16.3. The van der Waals surface area contributed by atoms with Crippen LogP contribution < -0.4 is 0 Å². The first-order valence-electron chi connectivity index (χ1n) is 5.07. The molecule has 0 atom stereocenters. The standard InChI is InChI=1S/C10H14F6O/c1-2-3-4-5-6-7-8(17,9(11,12)13)10(14,15)16/h5-6,17H,2-4,7H2,1H3/b6-5+. The number of aliphatic hydroxyl groups is 1. The number of alkyl halides is 6. The van der Waals surface area contributed by atoms with Gasteiger partial charge < -0.3 is 5.11 Å². The van der Waals surface area contributed by atoms with E-state index >= 15 is 0 Å². The highest BCUT2D eigenvalue weighted by atomic mass is 19.4. The highest BCUT2D eigenvalue weighted by Crippen LogP contribution is 2.45. The van der Waals surface area contributed by atoms with E-state index in [1.165, 1.54) is 6.08 Å². The number of hydrogen-bond acceptors (Lipinski definition) is 1. The second kappa shape index (κ2) is 5.75. The molecule has 1 nitrogen and oxygen atoms in total. The van der Waals surface area contributed by atoms with Crippen LogP contribution in [0.15, 0.2) is 12.2 Å². The Morgan fingerprint density at radius 2 is 1.41 bits per heavy atom. The molecule has 0 saturated heterocycles. The third-order valence-electron chi connectivity index (χ3n) is 2.24. The normalized spacial score (nSPS) is 14.6. The van der Waals surface area contributed by atoms with Gasteiger partial charge in [-0.05, 0) is 6.42 Å². The Morgan fingerprint density at radius 3 is 1.76 bits per heavy atom. The van der Waals surface area contributed by atoms with Crippen molar-refractivity contribution >= 4 is 0 Å². The molecule has 102 valence electrons. The van der Waals surface area contributed by atoms with Crippen molar-refractivity contribution < 1.29 is 31.4 Å². The fraction of sp³-hybridized carbons (Fsp3) is 0.800. The van der Waals surface area contributed by atoms with Crippen molar-refractivity contribution in [2.45, 2.75) is 50.6 Å². The van der Waals surface area contributed by atoms with Crippen molar-refractivity contribution in [1.82, 2.24) is 0 Å². The quantitative estimate of drug-likeness (QED) is 0.452. The van der Waals surface area contributed by atoms with Crippen LogP contribution in [0.3, 0.4) is 0 Å². The molecule has 0 radical (unpaired) electrons. The average Bonchev–Trinajstić information content (AvgIpc) is 2.13. The average molecular weight is 264 g/mol. The Labute approximate surface area is 95.1 Å². The fourth-order valence-corrected chi connectivity index (χ4v) is 1.09. The molecular formula is C10H14F6O. The molecule has 0 fully saturated rings. The Balaban J connectivity index is 4.70. The van der Waals surface area contributed by atoms with Crippen LogP contribution in [0.1, 0.15) is 32.6 Å². The van der Waals surface area contributed by atoms with Crippen LogP contribution in [0.4, 0.5) is 26.3 Å². The summed E-state index contributed by atoms with van der Waals surface area (Å²) in [7, 11) is 0. The van der Waals surface area contributed by atoms with Crippen molar-refractivity contribution in [2.75, 3.05) is 0 Å². The second-order valence-electron chi connectivity index (χ2n) is 3.67. The smallest absolute Gasteiger partial charge is 0.373 e. The number of unbranched alkanes of at least 4 members (excludes halogenated alkanes) is 2. The van der Waals surface area contributed by atoms with Gasteiger partial charge in [0.05, 0.1) is 0 Å². The lowest BCUT2D eigenvalue weighted by Gasteiger charge is -2.31. The van der Waals surface area contributed by atoms with E-state index in [4.69, 9.17) is 5.11 Å². The first-order chi connectivity index (χ1) is 7.56. The molecule has 0 aromatic carbocycles. The van der Waals surface area contributed by atoms with E-state index in [1.807, 2.05) is 6.92 Å². The molecule has 1 N–H and O–H groups in total. The maximum atomic E-state index is 12.2. The Morgan fingerprint density at radius 1 is 0.941 bits per heavy atom. The molecule has 0 aromatic heterocycles. The van der Waals surface area contributed by atoms with Crippen molar-refractivity contribution in [3.8, 4) is 0 Å². The summed E-state index contributed by atoms with van der Waals surface area (Å²) in [6, 6.07) is 0. The van der Waals surface area contributed by atoms with E-state index in [-0.39, 0.29) is 0 Å². The SMILES string of the molecule is CCCC/C=C/CC(O)(C(F)(F)F)C(F)(F)F. The zero-order chi connectivity index (χ0) is 13.7. The van der Waals surface area contributed by atoms with E-state index in [0.717, 1.165) is 12.5 Å². The summed E-state index contributed by atoms with van der Waals surface area (Å²) in [4.78, 5) is 0. The Kier molecular flexibility index (Phi) is 5.51. The largest absolute Gasteiger partial charge is 0.426 e. The van der Waals surface area contributed by atoms with Crippen molar-refractivity contribution in [2.24, 2.45) is 0 Å². The minimum absolute atomic E-state index is 0.391. The lowest BCUT2D eigenvalue weighted by Crippen LogP contribution is -2.56. The zero-order valence-electron chi connectivity index (χ0n) is 9.20. The summed E-state index contributed by atoms with van der Waals surface area (Å²) < 4.78 is 73.0. The molecule has 0 saturated carbocycles. The third kappa shape index (κ3) is 4.22. The van der Waals surface area contributed by atoms with Crippen LogP contribution in [-0.2, 0) is 0 Å². The van der Waals surface area contributed by atoms with E-state index in [0.29, 0.717) is 12.8 Å². The summed E-state index contributed by atoms with van der Waals surface area (Å²) in [6.45, 7) is 1.84. The van der Waals surface area contributed by atoms with Crippen LogP contribution in [0.2, 0.25) is 0 Å². The Hall–Kier alpha value is -0.720. The highest BCUT2D eigenvalue weighted by molar-refractivity contribution is 5.00. The van der Waals surface area contributed by atoms with Crippen molar-refractivity contribution in [3.63, 3.8) is 0 Å². The van der Waals surface area contributed by atoms with Crippen LogP contribution in [-0.4, -0.2) is 23.1 Å². The molecule has 0 aliphatic heterocycles. The van der Waals surface area contributed by atoms with E-state index < -0.39 is 24.4 Å². The Bertz CT molecular complexity index is 239. The number of halogens is 6. The second-order valence-corrected chi connectivity index (χ2v) is 3.67. The van der Waals surface area contributed by atoms with Gasteiger partial charge in [-0.15, -0.1) is 0 Å². The molecule has 7 heteroatoms. The third-order valence-corrected chi connectivity index (χ3v) is 2.24. The van der Waals surface area contributed by atoms with Gasteiger partial charge in [0.1, 0.15) is 0 Å². The molecule has 0 bridgehead atoms. The van der Waals surface area contributed by atoms with E-state index in [1.54, 1.807) is 0 Å². The van der Waals surface area contributed by atoms with Gasteiger partial charge >= 0.3 is 12.4 Å². The van der Waals surface area contributed by atoms with Gasteiger partial charge in [-0.3, -0.25) is 0 Å². The number of allylic oxidation sites excluding steroid dienone is 1. The van der Waals surface area contributed by atoms with Gasteiger partial charge in [-0.1, -0.05) is 31.9 Å². The number of hydrogen-bond donors (Lipinski definition) is 1. The summed E-state index contributed by atoms with van der Waals surface area (Å²) in [5, 5.41) is 8.74. The first-order valence-corrected chi connectivity index (χ1v) is 5.07. The van der Waals surface area contributed by atoms with Crippen molar-refractivity contribution in [1.29, 1.82) is 0 Å². The minimum Gasteiger partial charge on any atom is -0.373 e. The van der Waals surface area contributed by atoms with Gasteiger partial charge in [0.25, 0.3) is 5.60 Å². The summed E-state index contributed by atoms with van der Waals surface area (Å²) in [6.07, 6.45) is -9.20. The van der Waals surface area contributed by atoms with Crippen LogP contribution in [0, 0.1) is 0 Å². The highest BCUT2D eigenvalue weighted by Gasteiger charge is 2.69. The van der Waals surface area contributed by atoms with Gasteiger partial charge in [-0.2, -0.15) is 26.3 Å². The van der Waals surface area contributed by atoms with Gasteiger partial charge in [-0.25, -0.2) is 0 Å². The summed E-state index contributed by atoms with van der Waals surface area (Å²) in [5.41, 5.74) is -4.66. The molecule has 0 heterocycles. The molecule has 0 aliphatic rings. The molecule has 0 aliphatic carbocycles. The topological polar surface area (TPSA) is 20.2 Å². The summed E-state index contributed by atoms with van der Waals surface area (Å²) >= 11 is 0. The monoisotopic (exact) mass is 264 g/mol. The van der Waals surface area contributed by atoms with Crippen LogP contribution >= 0.6 is 0 Å². The molecule has 0 spiro atoms. The lowest BCUT2D eigenvalue weighted by molar-refractivity contribution is -0.366. The molecule has 17 heavy (non-hydrogen) atoms. The predicted octanol–water partition coefficient (Wildman–Crippen LogP) is 3.98. The molecule has 0 unspecified atom stereocenters. The molecule has 0 rings (SSSR count). The molecule has 0 amide bonds. The fourth-order valence-electron chi connectivity index (χ4n) is 1.09. The lowest BCUT2D eigenvalue weighted by atomic mass is 9.97. The predicted molar refractivity (Wildman–Crippen MR) is 50.3 cm³/mol. The summed E-state index contributed by atoms with van der Waals surface area (Å²) in [5.74, 6) is 0. The number of rotatable bonds is 5. The van der Waals surface area contributed by atoms with Crippen LogP contribution in [0.25, 0.3) is 0 Å². The van der Waals surface area contributed by atoms with Crippen molar-refractivity contribution in [3.05, 3.63) is 12.2 Å². The maximum Gasteiger partial charge on any atom is 0.426 e. The van der Waals surface area contributed by atoms with Gasteiger partial charge in [0.2, 0.25) is 0 Å². The van der Waals surface area contributed by atoms with Gasteiger partial charge in [0.15, 0.2) is 0 Å². The zero-order valence-corrected chi connectivity index (χ0v) is 9.20. The van der Waals surface area contributed by atoms with E-state index in [9.17, 15) is 26.3 Å². The van der Waals surface area contributed by atoms with Crippen LogP contribution in [0.5, 0.6) is 0 Å². The van der Waals surface area contributed by atoms with E-state index in [2.05, 4.69) is 0 Å². The maximum absolute atomic E-state index is 12.2. The van der Waals surface area contributed by atoms with Gasteiger partial charge in [0, 0.05) is 6.42 Å². The molecule has 0 aromatic rings. The minimum atomic E-state index is -5.74.